The minimum Gasteiger partial charge on any atom is -0.457 e. The monoisotopic (exact) mass is 514 g/mol. The molecule has 2 aliphatic rings. The number of carbonyl (C=O) groups is 1. The number of carbonyl (C=O) groups excluding carboxylic acids is 1. The van der Waals surface area contributed by atoms with E-state index in [9.17, 15) is 4.79 Å². The molecule has 2 aliphatic heterocycles. The highest BCUT2D eigenvalue weighted by Gasteiger charge is 2.52. The van der Waals surface area contributed by atoms with Crippen molar-refractivity contribution in [1.29, 1.82) is 0 Å². The van der Waals surface area contributed by atoms with Crippen LogP contribution in [0.15, 0.2) is 60.9 Å². The van der Waals surface area contributed by atoms with Crippen molar-refractivity contribution in [3.05, 3.63) is 77.6 Å². The standard InChI is InChI=1S/C30H35BN2O5/c1-28(2,3)36-27(34)33(23-11-9-15-32-18-23)19-20-13-14-25-22(16-20)17-21-10-8-12-24(26(21)35-25)31-37-29(4,5)30(6,7)38-31/h8-16,18H,17,19H2,1-7H3. The van der Waals surface area contributed by atoms with Gasteiger partial charge in [-0.05, 0) is 89.4 Å². The molecule has 3 aromatic rings. The predicted molar refractivity (Wildman–Crippen MR) is 148 cm³/mol. The summed E-state index contributed by atoms with van der Waals surface area (Å²) < 4.78 is 24.7. The van der Waals surface area contributed by atoms with Gasteiger partial charge in [0.05, 0.1) is 29.6 Å². The topological polar surface area (TPSA) is 70.1 Å². The van der Waals surface area contributed by atoms with Crippen molar-refractivity contribution in [1.82, 2.24) is 4.98 Å². The van der Waals surface area contributed by atoms with Gasteiger partial charge in [-0.25, -0.2) is 4.79 Å². The zero-order valence-corrected chi connectivity index (χ0v) is 23.2. The Bertz CT molecular complexity index is 1330. The molecule has 8 heteroatoms. The third-order valence-corrected chi connectivity index (χ3v) is 7.26. The van der Waals surface area contributed by atoms with E-state index in [-0.39, 0.29) is 0 Å². The Kier molecular flexibility index (Phi) is 6.52. The van der Waals surface area contributed by atoms with Gasteiger partial charge in [-0.2, -0.15) is 0 Å². The Balaban J connectivity index is 1.40. The van der Waals surface area contributed by atoms with Crippen LogP contribution in [0.1, 0.15) is 65.2 Å². The fraction of sp³-hybridized carbons (Fsp3) is 0.400. The zero-order valence-electron chi connectivity index (χ0n) is 23.2. The van der Waals surface area contributed by atoms with Crippen LogP contribution in [0.2, 0.25) is 0 Å². The molecule has 1 fully saturated rings. The number of aromatic nitrogens is 1. The Hall–Kier alpha value is -3.36. The SMILES string of the molecule is CC(C)(C)OC(=O)N(Cc1ccc2c(c1)Cc1cccc(B3OC(C)(C)C(C)(C)O3)c1O2)c1cccnc1. The number of para-hydroxylation sites is 1. The van der Waals surface area contributed by atoms with E-state index in [1.807, 2.05) is 84.9 Å². The van der Waals surface area contributed by atoms with Crippen molar-refractivity contribution in [3.8, 4) is 11.5 Å². The lowest BCUT2D eigenvalue weighted by Gasteiger charge is -2.32. The van der Waals surface area contributed by atoms with Gasteiger partial charge in [-0.1, -0.05) is 24.3 Å². The van der Waals surface area contributed by atoms with Gasteiger partial charge in [-0.15, -0.1) is 0 Å². The molecule has 3 heterocycles. The summed E-state index contributed by atoms with van der Waals surface area (Å²) in [4.78, 5) is 18.9. The number of pyridine rings is 1. The fourth-order valence-electron chi connectivity index (χ4n) is 4.58. The molecule has 7 nitrogen and oxygen atoms in total. The van der Waals surface area contributed by atoms with E-state index < -0.39 is 30.0 Å². The van der Waals surface area contributed by atoms with Gasteiger partial charge in [0, 0.05) is 18.1 Å². The summed E-state index contributed by atoms with van der Waals surface area (Å²) in [7, 11) is -0.502. The maximum Gasteiger partial charge on any atom is 0.498 e. The lowest BCUT2D eigenvalue weighted by atomic mass is 9.76. The Morgan fingerprint density at radius 2 is 1.76 bits per heavy atom. The van der Waals surface area contributed by atoms with Crippen LogP contribution < -0.4 is 15.1 Å². The lowest BCUT2D eigenvalue weighted by molar-refractivity contribution is 0.00578. The molecule has 1 amide bonds. The molecule has 0 bridgehead atoms. The number of nitrogens with zero attached hydrogens (tertiary/aromatic N) is 2. The fourth-order valence-corrected chi connectivity index (χ4v) is 4.58. The zero-order chi connectivity index (χ0) is 27.3. The number of ether oxygens (including phenoxy) is 2. The van der Waals surface area contributed by atoms with Crippen LogP contribution in [-0.2, 0) is 27.0 Å². The molecule has 0 atom stereocenters. The smallest absolute Gasteiger partial charge is 0.457 e. The molecule has 0 unspecified atom stereocenters. The lowest BCUT2D eigenvalue weighted by Crippen LogP contribution is -2.41. The third-order valence-electron chi connectivity index (χ3n) is 7.26. The maximum atomic E-state index is 13.1. The van der Waals surface area contributed by atoms with Gasteiger partial charge >= 0.3 is 13.2 Å². The van der Waals surface area contributed by atoms with Gasteiger partial charge in [0.2, 0.25) is 0 Å². The van der Waals surface area contributed by atoms with Crippen LogP contribution in [0, 0.1) is 0 Å². The van der Waals surface area contributed by atoms with Gasteiger partial charge < -0.3 is 18.8 Å². The first-order chi connectivity index (χ1) is 17.8. The minimum atomic E-state index is -0.611. The molecule has 198 valence electrons. The molecule has 0 spiro atoms. The Morgan fingerprint density at radius 1 is 1.03 bits per heavy atom. The number of anilines is 1. The van der Waals surface area contributed by atoms with E-state index in [4.69, 9.17) is 18.8 Å². The molecule has 1 saturated heterocycles. The van der Waals surface area contributed by atoms with Gasteiger partial charge in [0.1, 0.15) is 17.1 Å². The van der Waals surface area contributed by atoms with E-state index >= 15 is 0 Å². The van der Waals surface area contributed by atoms with E-state index in [1.165, 1.54) is 0 Å². The van der Waals surface area contributed by atoms with Crippen molar-refractivity contribution in [2.24, 2.45) is 0 Å². The van der Waals surface area contributed by atoms with E-state index in [2.05, 4.69) is 17.1 Å². The average Bonchev–Trinajstić information content (AvgIpc) is 3.06. The van der Waals surface area contributed by atoms with Crippen LogP contribution in [0.4, 0.5) is 10.5 Å². The number of hydrogen-bond acceptors (Lipinski definition) is 6. The number of rotatable bonds is 4. The summed E-state index contributed by atoms with van der Waals surface area (Å²) >= 11 is 0. The van der Waals surface area contributed by atoms with Crippen molar-refractivity contribution in [2.45, 2.75) is 78.2 Å². The van der Waals surface area contributed by atoms with E-state index in [0.29, 0.717) is 18.7 Å². The first kappa shape index (κ1) is 26.3. The third kappa shape index (κ3) is 5.15. The minimum absolute atomic E-state index is 0.342. The van der Waals surface area contributed by atoms with Crippen LogP contribution >= 0.6 is 0 Å². The van der Waals surface area contributed by atoms with Crippen LogP contribution in [-0.4, -0.2) is 35.0 Å². The maximum absolute atomic E-state index is 13.1. The summed E-state index contributed by atoms with van der Waals surface area (Å²) in [5, 5.41) is 0. The van der Waals surface area contributed by atoms with Crippen molar-refractivity contribution < 1.29 is 23.6 Å². The molecule has 5 rings (SSSR count). The summed E-state index contributed by atoms with van der Waals surface area (Å²) in [6, 6.07) is 15.8. The van der Waals surface area contributed by atoms with Gasteiger partial charge in [0.15, 0.2) is 0 Å². The molecular formula is C30H35BN2O5. The molecule has 38 heavy (non-hydrogen) atoms. The first-order valence-electron chi connectivity index (χ1n) is 13.0. The summed E-state index contributed by atoms with van der Waals surface area (Å²) in [5.41, 5.74) is 3.17. The molecule has 1 aromatic heterocycles. The highest BCUT2D eigenvalue weighted by molar-refractivity contribution is 6.63. The molecule has 0 saturated carbocycles. The molecule has 0 radical (unpaired) electrons. The highest BCUT2D eigenvalue weighted by atomic mass is 16.7. The Labute approximate surface area is 225 Å². The number of amides is 1. The summed E-state index contributed by atoms with van der Waals surface area (Å²) in [5.74, 6) is 1.58. The summed E-state index contributed by atoms with van der Waals surface area (Å²) in [6.45, 7) is 14.1. The molecule has 2 aromatic carbocycles. The predicted octanol–water partition coefficient (Wildman–Crippen LogP) is 6.02. The van der Waals surface area contributed by atoms with Gasteiger partial charge in [-0.3, -0.25) is 9.88 Å². The number of benzene rings is 2. The molecule has 0 aliphatic carbocycles. The Morgan fingerprint density at radius 3 is 2.42 bits per heavy atom. The number of fused-ring (bicyclic) bond motifs is 2. The normalized spacial score (nSPS) is 17.3. The van der Waals surface area contributed by atoms with Crippen LogP contribution in [0.5, 0.6) is 11.5 Å². The second-order valence-corrected chi connectivity index (χ2v) is 11.9. The van der Waals surface area contributed by atoms with Crippen LogP contribution in [0.3, 0.4) is 0 Å². The first-order valence-corrected chi connectivity index (χ1v) is 13.0. The second kappa shape index (κ2) is 9.44. The van der Waals surface area contributed by atoms with Crippen molar-refractivity contribution in [3.63, 3.8) is 0 Å². The van der Waals surface area contributed by atoms with Crippen LogP contribution in [0.25, 0.3) is 0 Å². The molecular weight excluding hydrogens is 479 g/mol. The van der Waals surface area contributed by atoms with Crippen molar-refractivity contribution in [2.75, 3.05) is 4.90 Å². The van der Waals surface area contributed by atoms with E-state index in [0.717, 1.165) is 33.7 Å². The highest BCUT2D eigenvalue weighted by Crippen LogP contribution is 2.40. The largest absolute Gasteiger partial charge is 0.498 e. The average molecular weight is 514 g/mol. The summed E-state index contributed by atoms with van der Waals surface area (Å²) in [6.07, 6.45) is 3.63. The molecule has 0 N–H and O–H groups in total. The number of hydrogen-bond donors (Lipinski definition) is 0. The quantitative estimate of drug-likeness (QED) is 0.310. The van der Waals surface area contributed by atoms with Crippen molar-refractivity contribution >= 4 is 24.4 Å². The van der Waals surface area contributed by atoms with E-state index in [1.54, 1.807) is 17.3 Å². The second-order valence-electron chi connectivity index (χ2n) is 11.9. The van der Waals surface area contributed by atoms with Gasteiger partial charge in [0.25, 0.3) is 0 Å².